The third-order valence-electron chi connectivity index (χ3n) is 7.27. The number of aryl methyl sites for hydroxylation is 1. The van der Waals surface area contributed by atoms with E-state index in [0.29, 0.717) is 30.3 Å². The minimum Gasteiger partial charge on any atom is -0.375 e. The van der Waals surface area contributed by atoms with Crippen LogP contribution in [0.15, 0.2) is 54.6 Å². The molecule has 0 bridgehead atoms. The van der Waals surface area contributed by atoms with Crippen LogP contribution in [0, 0.1) is 5.92 Å². The summed E-state index contributed by atoms with van der Waals surface area (Å²) < 4.78 is 5.99. The molecule has 4 heteroatoms. The normalized spacial score (nSPS) is 20.1. The predicted molar refractivity (Wildman–Crippen MR) is 140 cm³/mol. The molecule has 0 radical (unpaired) electrons. The number of carbonyl (C=O) groups is 1. The van der Waals surface area contributed by atoms with E-state index in [0.717, 1.165) is 58.4 Å². The second kappa shape index (κ2) is 12.5. The molecule has 0 amide bonds. The fourth-order valence-electron chi connectivity index (χ4n) is 5.52. The maximum atomic E-state index is 12.6. The molecule has 0 N–H and O–H groups in total. The average molecular weight is 463 g/mol. The van der Waals surface area contributed by atoms with Crippen LogP contribution in [-0.4, -0.2) is 49.1 Å². The van der Waals surface area contributed by atoms with Gasteiger partial charge in [-0.3, -0.25) is 9.69 Å². The van der Waals surface area contributed by atoms with Crippen LogP contribution in [0.2, 0.25) is 0 Å². The summed E-state index contributed by atoms with van der Waals surface area (Å²) in [4.78, 5) is 17.6. The van der Waals surface area contributed by atoms with Gasteiger partial charge >= 0.3 is 0 Å². The molecule has 2 saturated heterocycles. The van der Waals surface area contributed by atoms with Crippen LogP contribution in [-0.2, 0) is 22.5 Å². The summed E-state index contributed by atoms with van der Waals surface area (Å²) in [5.41, 5.74) is 3.96. The molecular weight excluding hydrogens is 420 g/mol. The number of ketones is 1. The average Bonchev–Trinajstić information content (AvgIpc) is 2.84. The third kappa shape index (κ3) is 7.68. The van der Waals surface area contributed by atoms with Crippen LogP contribution < -0.4 is 4.90 Å². The van der Waals surface area contributed by atoms with Crippen molar-refractivity contribution >= 4 is 11.5 Å². The lowest BCUT2D eigenvalue weighted by Gasteiger charge is -2.35. The lowest BCUT2D eigenvalue weighted by Crippen LogP contribution is -2.38. The van der Waals surface area contributed by atoms with Crippen molar-refractivity contribution < 1.29 is 9.53 Å². The highest BCUT2D eigenvalue weighted by molar-refractivity contribution is 5.78. The molecule has 2 aromatic carbocycles. The van der Waals surface area contributed by atoms with Crippen LogP contribution in [0.25, 0.3) is 0 Å². The monoisotopic (exact) mass is 462 g/mol. The van der Waals surface area contributed by atoms with Crippen molar-refractivity contribution in [2.45, 2.75) is 77.5 Å². The second-order valence-corrected chi connectivity index (χ2v) is 10.5. The van der Waals surface area contributed by atoms with Crippen LogP contribution >= 0.6 is 0 Å². The second-order valence-electron chi connectivity index (χ2n) is 10.5. The molecule has 0 aliphatic carbocycles. The summed E-state index contributed by atoms with van der Waals surface area (Å²) in [6.45, 7) is 9.56. The van der Waals surface area contributed by atoms with Crippen molar-refractivity contribution in [3.05, 3.63) is 65.7 Å². The maximum Gasteiger partial charge on any atom is 0.133 e. The van der Waals surface area contributed by atoms with Crippen molar-refractivity contribution in [3.8, 4) is 0 Å². The summed E-state index contributed by atoms with van der Waals surface area (Å²) in [5, 5.41) is 0. The van der Waals surface area contributed by atoms with Crippen LogP contribution in [0.1, 0.15) is 63.5 Å². The molecule has 0 saturated carbocycles. The quantitative estimate of drug-likeness (QED) is 0.441. The number of nitrogens with zero attached hydrogens (tertiary/aromatic N) is 2. The Morgan fingerprint density at radius 1 is 0.941 bits per heavy atom. The van der Waals surface area contributed by atoms with Gasteiger partial charge in [0, 0.05) is 44.7 Å². The largest absolute Gasteiger partial charge is 0.375 e. The summed E-state index contributed by atoms with van der Waals surface area (Å²) in [7, 11) is 0. The van der Waals surface area contributed by atoms with Crippen molar-refractivity contribution in [2.75, 3.05) is 31.1 Å². The first-order chi connectivity index (χ1) is 16.5. The molecule has 2 aromatic rings. The van der Waals surface area contributed by atoms with Crippen LogP contribution in [0.3, 0.4) is 0 Å². The van der Waals surface area contributed by atoms with Crippen molar-refractivity contribution in [1.82, 2.24) is 4.90 Å². The van der Waals surface area contributed by atoms with E-state index in [2.05, 4.69) is 72.2 Å². The molecule has 0 spiro atoms. The topological polar surface area (TPSA) is 32.8 Å². The number of anilines is 1. The highest BCUT2D eigenvalue weighted by atomic mass is 16.5. The van der Waals surface area contributed by atoms with E-state index in [-0.39, 0.29) is 0 Å². The molecule has 2 fully saturated rings. The van der Waals surface area contributed by atoms with Crippen molar-refractivity contribution in [2.24, 2.45) is 5.92 Å². The lowest BCUT2D eigenvalue weighted by molar-refractivity contribution is -0.120. The molecule has 0 aromatic heterocycles. The number of Topliss-reactive ketones (excluding diaryl/α,β-unsaturated/α-hetero) is 1. The highest BCUT2D eigenvalue weighted by Crippen LogP contribution is 2.25. The number of piperidine rings is 2. The molecule has 1 unspecified atom stereocenters. The smallest absolute Gasteiger partial charge is 0.133 e. The van der Waals surface area contributed by atoms with Gasteiger partial charge in [0.25, 0.3) is 0 Å². The summed E-state index contributed by atoms with van der Waals surface area (Å²) in [6.07, 6.45) is 7.60. The molecule has 4 rings (SSSR count). The summed E-state index contributed by atoms with van der Waals surface area (Å²) in [6, 6.07) is 19.5. The van der Waals surface area contributed by atoms with Crippen molar-refractivity contribution in [1.29, 1.82) is 0 Å². The fraction of sp³-hybridized carbons (Fsp3) is 0.567. The molecule has 2 heterocycles. The van der Waals surface area contributed by atoms with E-state index >= 15 is 0 Å². The first-order valence-corrected chi connectivity index (χ1v) is 13.3. The van der Waals surface area contributed by atoms with Crippen molar-refractivity contribution in [3.63, 3.8) is 0 Å². The summed E-state index contributed by atoms with van der Waals surface area (Å²) in [5.74, 6) is 0.924. The van der Waals surface area contributed by atoms with E-state index in [1.165, 1.54) is 29.7 Å². The van der Waals surface area contributed by atoms with Gasteiger partial charge in [-0.05, 0) is 81.7 Å². The molecule has 4 nitrogen and oxygen atoms in total. The van der Waals surface area contributed by atoms with Crippen LogP contribution in [0.5, 0.6) is 0 Å². The van der Waals surface area contributed by atoms with Gasteiger partial charge < -0.3 is 9.64 Å². The van der Waals surface area contributed by atoms with Gasteiger partial charge in [-0.1, -0.05) is 42.5 Å². The Labute approximate surface area is 206 Å². The zero-order chi connectivity index (χ0) is 23.8. The van der Waals surface area contributed by atoms with Gasteiger partial charge in [0.2, 0.25) is 0 Å². The SMILES string of the molecule is CC(C)OC1CCN(c2ccc(CN3CCCC(CC(=O)CCc4ccccc4)C3)cc2)CC1. The standard InChI is InChI=1S/C30H42N2O2/c1-24(2)34-30-16-19-32(20-17-30)28-13-10-26(11-14-28)22-31-18-6-9-27(23-31)21-29(33)15-12-25-7-4-3-5-8-25/h3-5,7-8,10-11,13-14,24,27,30H,6,9,12,15-23H2,1-2H3. The van der Waals surface area contributed by atoms with Crippen LogP contribution in [0.4, 0.5) is 5.69 Å². The summed E-state index contributed by atoms with van der Waals surface area (Å²) >= 11 is 0. The third-order valence-corrected chi connectivity index (χ3v) is 7.27. The Balaban J connectivity index is 1.20. The van der Waals surface area contributed by atoms with E-state index in [4.69, 9.17) is 4.74 Å². The number of carbonyl (C=O) groups excluding carboxylic acids is 1. The van der Waals surface area contributed by atoms with Gasteiger partial charge in [0.15, 0.2) is 0 Å². The Morgan fingerprint density at radius 3 is 2.38 bits per heavy atom. The van der Waals surface area contributed by atoms with Gasteiger partial charge in [-0.15, -0.1) is 0 Å². The van der Waals surface area contributed by atoms with E-state index in [9.17, 15) is 4.79 Å². The molecule has 2 aliphatic rings. The van der Waals surface area contributed by atoms with Gasteiger partial charge in [-0.2, -0.15) is 0 Å². The van der Waals surface area contributed by atoms with Gasteiger partial charge in [-0.25, -0.2) is 0 Å². The predicted octanol–water partition coefficient (Wildman–Crippen LogP) is 5.88. The minimum atomic E-state index is 0.317. The fourth-order valence-corrected chi connectivity index (χ4v) is 5.52. The van der Waals surface area contributed by atoms with E-state index < -0.39 is 0 Å². The van der Waals surface area contributed by atoms with E-state index in [1.54, 1.807) is 0 Å². The molecule has 1 atom stereocenters. The Bertz CT molecular complexity index is 872. The number of hydrogen-bond donors (Lipinski definition) is 0. The zero-order valence-electron chi connectivity index (χ0n) is 21.1. The Morgan fingerprint density at radius 2 is 1.68 bits per heavy atom. The first kappa shape index (κ1) is 24.9. The first-order valence-electron chi connectivity index (χ1n) is 13.3. The van der Waals surface area contributed by atoms with Gasteiger partial charge in [0.1, 0.15) is 5.78 Å². The Hall–Kier alpha value is -2.17. The minimum absolute atomic E-state index is 0.317. The lowest BCUT2D eigenvalue weighted by atomic mass is 9.91. The molecular formula is C30H42N2O2. The Kier molecular flexibility index (Phi) is 9.18. The molecule has 184 valence electrons. The van der Waals surface area contributed by atoms with Gasteiger partial charge in [0.05, 0.1) is 12.2 Å². The van der Waals surface area contributed by atoms with E-state index in [1.807, 2.05) is 6.07 Å². The highest BCUT2D eigenvalue weighted by Gasteiger charge is 2.23. The maximum absolute atomic E-state index is 12.6. The number of ether oxygens (including phenoxy) is 1. The number of benzene rings is 2. The zero-order valence-corrected chi connectivity index (χ0v) is 21.1. The number of hydrogen-bond acceptors (Lipinski definition) is 4. The molecule has 34 heavy (non-hydrogen) atoms. The number of rotatable bonds is 10. The molecule has 2 aliphatic heterocycles. The number of likely N-dealkylation sites (tertiary alicyclic amines) is 1.